The first-order valence-corrected chi connectivity index (χ1v) is 8.37. The second-order valence-electron chi connectivity index (χ2n) is 6.93. The van der Waals surface area contributed by atoms with Gasteiger partial charge in [0.15, 0.2) is 0 Å². The van der Waals surface area contributed by atoms with Crippen molar-refractivity contribution in [2.24, 2.45) is 17.8 Å². The molecule has 2 unspecified atom stereocenters. The molecule has 2 N–H and O–H groups in total. The van der Waals surface area contributed by atoms with E-state index in [4.69, 9.17) is 0 Å². The fraction of sp³-hybridized carbons (Fsp3) is 0.500. The molecule has 1 aliphatic heterocycles. The summed E-state index contributed by atoms with van der Waals surface area (Å²) in [6.07, 6.45) is 2.49. The van der Waals surface area contributed by atoms with Gasteiger partial charge in [-0.05, 0) is 49.4 Å². The molecule has 128 valence electrons. The van der Waals surface area contributed by atoms with Crippen LogP contribution in [-0.4, -0.2) is 40.9 Å². The number of anilines is 1. The summed E-state index contributed by atoms with van der Waals surface area (Å²) in [5, 5.41) is 12.1. The maximum atomic E-state index is 12.6. The third-order valence-corrected chi connectivity index (χ3v) is 4.64. The molecular formula is C18H22N2O4. The van der Waals surface area contributed by atoms with Gasteiger partial charge in [-0.25, -0.2) is 0 Å². The first kappa shape index (κ1) is 16.5. The van der Waals surface area contributed by atoms with E-state index >= 15 is 0 Å². The molecule has 2 atom stereocenters. The fourth-order valence-corrected chi connectivity index (χ4v) is 3.16. The van der Waals surface area contributed by atoms with Gasteiger partial charge in [0, 0.05) is 30.3 Å². The standard InChI is InChI=1S/C18H22N2O4/c1-11-8-14(18(23)24)10-20(9-11)17(22)13-4-6-15(7-5-13)19-16(21)12-2-3-12/h4-7,11-12,14H,2-3,8-10H2,1H3,(H,19,21)(H,23,24). The van der Waals surface area contributed by atoms with Gasteiger partial charge in [0.25, 0.3) is 5.91 Å². The van der Waals surface area contributed by atoms with Gasteiger partial charge in [0.1, 0.15) is 0 Å². The Labute approximate surface area is 140 Å². The third kappa shape index (κ3) is 3.75. The lowest BCUT2D eigenvalue weighted by atomic mass is 9.90. The minimum Gasteiger partial charge on any atom is -0.481 e. The molecular weight excluding hydrogens is 308 g/mol. The highest BCUT2D eigenvalue weighted by molar-refractivity contribution is 5.97. The topological polar surface area (TPSA) is 86.7 Å². The predicted molar refractivity (Wildman–Crippen MR) is 88.6 cm³/mol. The SMILES string of the molecule is CC1CC(C(=O)O)CN(C(=O)c2ccc(NC(=O)C3CC3)cc2)C1. The molecule has 2 aliphatic rings. The van der Waals surface area contributed by atoms with Gasteiger partial charge in [0.05, 0.1) is 5.92 Å². The number of carbonyl (C=O) groups excluding carboxylic acids is 2. The predicted octanol–water partition coefficient (Wildman–Crippen LogP) is 2.22. The van der Waals surface area contributed by atoms with Gasteiger partial charge in [-0.3, -0.25) is 14.4 Å². The van der Waals surface area contributed by atoms with Gasteiger partial charge in [-0.15, -0.1) is 0 Å². The number of carboxylic acid groups (broad SMARTS) is 1. The monoisotopic (exact) mass is 330 g/mol. The van der Waals surface area contributed by atoms with Crippen LogP contribution in [0.2, 0.25) is 0 Å². The Morgan fingerprint density at radius 3 is 2.33 bits per heavy atom. The van der Waals surface area contributed by atoms with Crippen molar-refractivity contribution in [1.29, 1.82) is 0 Å². The summed E-state index contributed by atoms with van der Waals surface area (Å²) < 4.78 is 0. The van der Waals surface area contributed by atoms with Crippen molar-refractivity contribution in [3.05, 3.63) is 29.8 Å². The highest BCUT2D eigenvalue weighted by atomic mass is 16.4. The zero-order valence-electron chi connectivity index (χ0n) is 13.7. The summed E-state index contributed by atoms with van der Waals surface area (Å²) in [4.78, 5) is 37.2. The van der Waals surface area contributed by atoms with Crippen molar-refractivity contribution in [2.75, 3.05) is 18.4 Å². The Hall–Kier alpha value is -2.37. The molecule has 0 spiro atoms. The van der Waals surface area contributed by atoms with E-state index in [2.05, 4.69) is 5.32 Å². The van der Waals surface area contributed by atoms with E-state index in [1.807, 2.05) is 6.92 Å². The van der Waals surface area contributed by atoms with Crippen molar-refractivity contribution in [2.45, 2.75) is 26.2 Å². The lowest BCUT2D eigenvalue weighted by Crippen LogP contribution is -2.45. The van der Waals surface area contributed by atoms with Crippen LogP contribution in [0.15, 0.2) is 24.3 Å². The molecule has 0 radical (unpaired) electrons. The molecule has 1 aliphatic carbocycles. The number of hydrogen-bond acceptors (Lipinski definition) is 3. The Balaban J connectivity index is 1.65. The highest BCUT2D eigenvalue weighted by Crippen LogP contribution is 2.30. The molecule has 6 heteroatoms. The first-order valence-electron chi connectivity index (χ1n) is 8.37. The maximum Gasteiger partial charge on any atom is 0.308 e. The molecule has 1 aromatic carbocycles. The number of nitrogens with one attached hydrogen (secondary N) is 1. The van der Waals surface area contributed by atoms with Crippen molar-refractivity contribution in [1.82, 2.24) is 4.90 Å². The minimum absolute atomic E-state index is 0.0308. The summed E-state index contributed by atoms with van der Waals surface area (Å²) in [5.41, 5.74) is 1.19. The van der Waals surface area contributed by atoms with E-state index in [-0.39, 0.29) is 30.2 Å². The number of carboxylic acids is 1. The number of rotatable bonds is 4. The Bertz CT molecular complexity index is 651. The normalized spacial score (nSPS) is 23.6. The van der Waals surface area contributed by atoms with E-state index in [0.717, 1.165) is 12.8 Å². The number of hydrogen-bond donors (Lipinski definition) is 2. The number of carbonyl (C=O) groups is 3. The third-order valence-electron chi connectivity index (χ3n) is 4.64. The van der Waals surface area contributed by atoms with Crippen LogP contribution >= 0.6 is 0 Å². The van der Waals surface area contributed by atoms with E-state index in [1.54, 1.807) is 29.2 Å². The fourth-order valence-electron chi connectivity index (χ4n) is 3.16. The van der Waals surface area contributed by atoms with Gasteiger partial charge in [0.2, 0.25) is 5.91 Å². The zero-order chi connectivity index (χ0) is 17.3. The van der Waals surface area contributed by atoms with Crippen LogP contribution in [0.1, 0.15) is 36.5 Å². The second kappa shape index (κ2) is 6.63. The smallest absolute Gasteiger partial charge is 0.308 e. The Morgan fingerprint density at radius 2 is 1.75 bits per heavy atom. The highest BCUT2D eigenvalue weighted by Gasteiger charge is 2.32. The number of aliphatic carboxylic acids is 1. The largest absolute Gasteiger partial charge is 0.481 e. The van der Waals surface area contributed by atoms with Crippen LogP contribution in [0.25, 0.3) is 0 Å². The summed E-state index contributed by atoms with van der Waals surface area (Å²) in [7, 11) is 0. The lowest BCUT2D eigenvalue weighted by molar-refractivity contribution is -0.143. The molecule has 6 nitrogen and oxygen atoms in total. The zero-order valence-corrected chi connectivity index (χ0v) is 13.7. The summed E-state index contributed by atoms with van der Waals surface area (Å²) >= 11 is 0. The van der Waals surface area contributed by atoms with Gasteiger partial charge < -0.3 is 15.3 Å². The van der Waals surface area contributed by atoms with Crippen LogP contribution in [-0.2, 0) is 9.59 Å². The van der Waals surface area contributed by atoms with Gasteiger partial charge >= 0.3 is 5.97 Å². The van der Waals surface area contributed by atoms with Crippen molar-refractivity contribution >= 4 is 23.5 Å². The summed E-state index contributed by atoms with van der Waals surface area (Å²) in [6.45, 7) is 2.79. The molecule has 2 amide bonds. The average molecular weight is 330 g/mol. The molecule has 0 aromatic heterocycles. The number of likely N-dealkylation sites (tertiary alicyclic amines) is 1. The molecule has 1 heterocycles. The van der Waals surface area contributed by atoms with Crippen molar-refractivity contribution in [3.8, 4) is 0 Å². The van der Waals surface area contributed by atoms with Crippen molar-refractivity contribution < 1.29 is 19.5 Å². The molecule has 1 saturated carbocycles. The van der Waals surface area contributed by atoms with Gasteiger partial charge in [-0.1, -0.05) is 6.92 Å². The van der Waals surface area contributed by atoms with Crippen LogP contribution in [0.4, 0.5) is 5.69 Å². The van der Waals surface area contributed by atoms with E-state index < -0.39 is 11.9 Å². The maximum absolute atomic E-state index is 12.6. The first-order chi connectivity index (χ1) is 11.4. The van der Waals surface area contributed by atoms with Crippen LogP contribution in [0.5, 0.6) is 0 Å². The number of benzene rings is 1. The Kier molecular flexibility index (Phi) is 4.55. The van der Waals surface area contributed by atoms with E-state index in [9.17, 15) is 19.5 Å². The molecule has 1 aromatic rings. The molecule has 24 heavy (non-hydrogen) atoms. The van der Waals surface area contributed by atoms with Crippen LogP contribution < -0.4 is 5.32 Å². The molecule has 1 saturated heterocycles. The summed E-state index contributed by atoms with van der Waals surface area (Å²) in [5.74, 6) is -1.18. The van der Waals surface area contributed by atoms with Gasteiger partial charge in [-0.2, -0.15) is 0 Å². The minimum atomic E-state index is -0.850. The number of nitrogens with zero attached hydrogens (tertiary/aromatic N) is 1. The second-order valence-corrected chi connectivity index (χ2v) is 6.93. The molecule has 3 rings (SSSR count). The van der Waals surface area contributed by atoms with Crippen LogP contribution in [0, 0.1) is 17.8 Å². The molecule has 2 fully saturated rings. The summed E-state index contributed by atoms with van der Waals surface area (Å²) in [6, 6.07) is 6.80. The Morgan fingerprint density at radius 1 is 1.08 bits per heavy atom. The molecule has 0 bridgehead atoms. The van der Waals surface area contributed by atoms with E-state index in [0.29, 0.717) is 24.2 Å². The van der Waals surface area contributed by atoms with Crippen LogP contribution in [0.3, 0.4) is 0 Å². The number of amides is 2. The van der Waals surface area contributed by atoms with Crippen molar-refractivity contribution in [3.63, 3.8) is 0 Å². The lowest BCUT2D eigenvalue weighted by Gasteiger charge is -2.34. The average Bonchev–Trinajstić information content (AvgIpc) is 3.39. The van der Waals surface area contributed by atoms with E-state index in [1.165, 1.54) is 0 Å². The number of piperidine rings is 1. The quantitative estimate of drug-likeness (QED) is 0.886.